The molecule has 29 heavy (non-hydrogen) atoms. The molecule has 4 rings (SSSR count). The van der Waals surface area contributed by atoms with Crippen LogP contribution in [0.2, 0.25) is 0 Å². The van der Waals surface area contributed by atoms with Gasteiger partial charge in [0.1, 0.15) is 5.82 Å². The maximum atomic E-state index is 13.4. The molecule has 0 saturated carbocycles. The zero-order valence-electron chi connectivity index (χ0n) is 16.1. The van der Waals surface area contributed by atoms with Gasteiger partial charge in [0.15, 0.2) is 5.82 Å². The molecule has 0 unspecified atom stereocenters. The van der Waals surface area contributed by atoms with E-state index in [2.05, 4.69) is 15.4 Å². The summed E-state index contributed by atoms with van der Waals surface area (Å²) in [4.78, 5) is 17.2. The lowest BCUT2D eigenvalue weighted by Crippen LogP contribution is -2.14. The van der Waals surface area contributed by atoms with Crippen LogP contribution in [0.3, 0.4) is 0 Å². The first-order valence-corrected chi connectivity index (χ1v) is 9.18. The summed E-state index contributed by atoms with van der Waals surface area (Å²) < 4.78 is 15.0. The Morgan fingerprint density at radius 2 is 1.69 bits per heavy atom. The lowest BCUT2D eigenvalue weighted by molar-refractivity contribution is 0.101. The Labute approximate surface area is 167 Å². The van der Waals surface area contributed by atoms with Crippen molar-refractivity contribution in [3.63, 3.8) is 0 Å². The molecule has 0 aliphatic carbocycles. The van der Waals surface area contributed by atoms with Crippen LogP contribution in [-0.2, 0) is 0 Å². The highest BCUT2D eigenvalue weighted by molar-refractivity contribution is 6.01. The minimum atomic E-state index is -0.413. The predicted molar refractivity (Wildman–Crippen MR) is 111 cm³/mol. The number of hydrogen-bond donors (Lipinski definition) is 1. The van der Waals surface area contributed by atoms with Gasteiger partial charge in [-0.2, -0.15) is 0 Å². The minimum Gasteiger partial charge on any atom is -0.319 e. The molecule has 0 spiro atoms. The van der Waals surface area contributed by atoms with Crippen molar-refractivity contribution in [1.82, 2.24) is 14.8 Å². The Morgan fingerprint density at radius 1 is 0.966 bits per heavy atom. The van der Waals surface area contributed by atoms with Crippen LogP contribution in [0.25, 0.3) is 17.1 Å². The minimum absolute atomic E-state index is 0.0362. The molecule has 0 aliphatic heterocycles. The van der Waals surface area contributed by atoms with Gasteiger partial charge in [0, 0.05) is 11.3 Å². The summed E-state index contributed by atoms with van der Waals surface area (Å²) in [7, 11) is 0. The van der Waals surface area contributed by atoms with Crippen LogP contribution in [0.1, 0.15) is 21.7 Å². The van der Waals surface area contributed by atoms with Crippen molar-refractivity contribution in [2.24, 2.45) is 0 Å². The van der Waals surface area contributed by atoms with E-state index in [9.17, 15) is 9.18 Å². The van der Waals surface area contributed by atoms with Crippen molar-refractivity contribution in [2.45, 2.75) is 13.8 Å². The Balaban J connectivity index is 1.81. The van der Waals surface area contributed by atoms with E-state index in [1.165, 1.54) is 12.1 Å². The number of benzene rings is 3. The first-order valence-electron chi connectivity index (χ1n) is 9.18. The number of rotatable bonds is 4. The summed E-state index contributed by atoms with van der Waals surface area (Å²) in [6, 6.07) is 21.1. The third kappa shape index (κ3) is 3.91. The number of hydrogen-bond acceptors (Lipinski definition) is 3. The highest BCUT2D eigenvalue weighted by Gasteiger charge is 2.20. The second-order valence-corrected chi connectivity index (χ2v) is 6.79. The second kappa shape index (κ2) is 7.67. The molecular weight excluding hydrogens is 367 g/mol. The van der Waals surface area contributed by atoms with E-state index in [0.717, 1.165) is 16.8 Å². The summed E-state index contributed by atoms with van der Waals surface area (Å²) in [5, 5.41) is 7.28. The quantitative estimate of drug-likeness (QED) is 0.540. The Morgan fingerprint density at radius 3 is 2.41 bits per heavy atom. The second-order valence-electron chi connectivity index (χ2n) is 6.79. The first-order chi connectivity index (χ1) is 14.0. The number of carbonyl (C=O) groups is 1. The molecule has 3 aromatic carbocycles. The summed E-state index contributed by atoms with van der Waals surface area (Å²) in [6.07, 6.45) is 0. The van der Waals surface area contributed by atoms with Crippen molar-refractivity contribution >= 4 is 11.6 Å². The van der Waals surface area contributed by atoms with Gasteiger partial charge in [0.05, 0.1) is 5.69 Å². The molecule has 0 fully saturated rings. The average Bonchev–Trinajstić information content (AvgIpc) is 3.16. The number of anilines is 1. The van der Waals surface area contributed by atoms with Crippen LogP contribution in [0, 0.1) is 19.7 Å². The van der Waals surface area contributed by atoms with Crippen LogP contribution in [0.5, 0.6) is 0 Å². The van der Waals surface area contributed by atoms with E-state index in [-0.39, 0.29) is 11.6 Å². The Bertz CT molecular complexity index is 1170. The molecule has 0 bridgehead atoms. The van der Waals surface area contributed by atoms with Gasteiger partial charge < -0.3 is 5.32 Å². The largest absolute Gasteiger partial charge is 0.319 e. The summed E-state index contributed by atoms with van der Waals surface area (Å²) >= 11 is 0. The van der Waals surface area contributed by atoms with E-state index >= 15 is 0 Å². The topological polar surface area (TPSA) is 59.8 Å². The average molecular weight is 386 g/mol. The van der Waals surface area contributed by atoms with Gasteiger partial charge in [-0.15, -0.1) is 5.10 Å². The zero-order valence-corrected chi connectivity index (χ0v) is 16.1. The molecule has 5 nitrogen and oxygen atoms in total. The smallest absolute Gasteiger partial charge is 0.295 e. The lowest BCUT2D eigenvalue weighted by atomic mass is 10.1. The summed E-state index contributed by atoms with van der Waals surface area (Å²) in [6.45, 7) is 3.95. The molecule has 4 aromatic rings. The number of halogens is 1. The molecule has 0 atom stereocenters. The van der Waals surface area contributed by atoms with Gasteiger partial charge in [-0.3, -0.25) is 4.79 Å². The van der Waals surface area contributed by atoms with Crippen molar-refractivity contribution < 1.29 is 9.18 Å². The molecule has 1 heterocycles. The SMILES string of the molecule is Cc1ccc(C)c(-n2nc(C(=O)Nc3ccccc3)nc2-c2ccc(F)cc2)c1. The van der Waals surface area contributed by atoms with Gasteiger partial charge in [-0.05, 0) is 67.4 Å². The van der Waals surface area contributed by atoms with E-state index in [1.54, 1.807) is 28.9 Å². The maximum Gasteiger partial charge on any atom is 0.295 e. The number of aromatic nitrogens is 3. The molecular formula is C23H19FN4O. The van der Waals surface area contributed by atoms with Crippen LogP contribution in [0.4, 0.5) is 10.1 Å². The fourth-order valence-electron chi connectivity index (χ4n) is 3.02. The molecule has 1 N–H and O–H groups in total. The molecule has 0 aliphatic rings. The van der Waals surface area contributed by atoms with Crippen molar-refractivity contribution in [1.29, 1.82) is 0 Å². The summed E-state index contributed by atoms with van der Waals surface area (Å²) in [5.41, 5.74) is 4.18. The van der Waals surface area contributed by atoms with Gasteiger partial charge in [-0.1, -0.05) is 30.3 Å². The molecule has 0 saturated heterocycles. The van der Waals surface area contributed by atoms with Crippen LogP contribution < -0.4 is 5.32 Å². The standard InChI is InChI=1S/C23H19FN4O/c1-15-8-9-16(2)20(14-15)28-22(17-10-12-18(24)13-11-17)26-21(27-28)23(29)25-19-6-4-3-5-7-19/h3-14H,1-2H3,(H,25,29). The molecule has 1 amide bonds. The van der Waals surface area contributed by atoms with Crippen molar-refractivity contribution in [3.8, 4) is 17.1 Å². The fraction of sp³-hybridized carbons (Fsp3) is 0.0870. The van der Waals surface area contributed by atoms with E-state index in [0.29, 0.717) is 17.1 Å². The number of nitrogens with one attached hydrogen (secondary N) is 1. The van der Waals surface area contributed by atoms with Crippen LogP contribution in [-0.4, -0.2) is 20.7 Å². The maximum absolute atomic E-state index is 13.4. The number of carbonyl (C=O) groups excluding carboxylic acids is 1. The van der Waals surface area contributed by atoms with Crippen LogP contribution >= 0.6 is 0 Å². The van der Waals surface area contributed by atoms with E-state index < -0.39 is 5.91 Å². The van der Waals surface area contributed by atoms with Gasteiger partial charge in [0.2, 0.25) is 5.82 Å². The van der Waals surface area contributed by atoms with Crippen molar-refractivity contribution in [2.75, 3.05) is 5.32 Å². The van der Waals surface area contributed by atoms with Gasteiger partial charge in [-0.25, -0.2) is 14.1 Å². The normalized spacial score (nSPS) is 10.7. The molecule has 144 valence electrons. The van der Waals surface area contributed by atoms with Gasteiger partial charge >= 0.3 is 0 Å². The molecule has 6 heteroatoms. The fourth-order valence-corrected chi connectivity index (χ4v) is 3.02. The van der Waals surface area contributed by atoms with Crippen molar-refractivity contribution in [3.05, 3.63) is 95.6 Å². The summed E-state index contributed by atoms with van der Waals surface area (Å²) in [5.74, 6) is -0.247. The lowest BCUT2D eigenvalue weighted by Gasteiger charge is -2.10. The number of nitrogens with zero attached hydrogens (tertiary/aromatic N) is 3. The predicted octanol–water partition coefficient (Wildman–Crippen LogP) is 4.94. The first kappa shape index (κ1) is 18.6. The molecule has 1 aromatic heterocycles. The highest BCUT2D eigenvalue weighted by Crippen LogP contribution is 2.24. The monoisotopic (exact) mass is 386 g/mol. The number of aryl methyl sites for hydroxylation is 2. The van der Waals surface area contributed by atoms with Crippen LogP contribution in [0.15, 0.2) is 72.8 Å². The highest BCUT2D eigenvalue weighted by atomic mass is 19.1. The third-order valence-electron chi connectivity index (χ3n) is 4.54. The Kier molecular flexibility index (Phi) is 4.91. The Hall–Kier alpha value is -3.80. The molecule has 0 radical (unpaired) electrons. The van der Waals surface area contributed by atoms with E-state index in [4.69, 9.17) is 0 Å². The number of amides is 1. The van der Waals surface area contributed by atoms with Gasteiger partial charge in [0.25, 0.3) is 5.91 Å². The zero-order chi connectivity index (χ0) is 20.4. The number of para-hydroxylation sites is 1. The third-order valence-corrected chi connectivity index (χ3v) is 4.54. The van der Waals surface area contributed by atoms with E-state index in [1.807, 2.05) is 50.2 Å².